The highest BCUT2D eigenvalue weighted by Gasteiger charge is 2.69. The van der Waals surface area contributed by atoms with Gasteiger partial charge in [-0.1, -0.05) is 26.0 Å². The lowest BCUT2D eigenvalue weighted by atomic mass is 9.52. The van der Waals surface area contributed by atoms with Crippen LogP contribution in [0.5, 0.6) is 11.5 Å². The number of carbonyl (C=O) groups excluding carboxylic acids is 5. The standard InChI is InChI=1S/C33H39N3O8/c1-15(2)13-35-14-16-6-9-23(44-5)19(10-16)18-7-8-22(37)25-20(18)11-17-12-21-27(36(3)4)29(39)26(32(34)42)31(41)33(21,43)30(40)24(17)28(25)38/h6-10,15,17,21,24,26-27,35,37,43H,11-14H2,1-5H3,(H2,34,42)/t17?,21?,24?,26?,27-,33-/m0/s1. The zero-order valence-electron chi connectivity index (χ0n) is 25.5. The van der Waals surface area contributed by atoms with Gasteiger partial charge in [0.15, 0.2) is 34.7 Å². The SMILES string of the molecule is COc1ccc(CNCC(C)C)cc1-c1ccc(O)c2c1CC1CC3[C@H](N(C)C)C(=O)C(C(N)=O)C(=O)[C@@]3(O)C(=O)C1C2=O. The van der Waals surface area contributed by atoms with Gasteiger partial charge in [0.25, 0.3) is 0 Å². The van der Waals surface area contributed by atoms with Crippen molar-refractivity contribution < 1.29 is 38.9 Å². The van der Waals surface area contributed by atoms with E-state index >= 15 is 0 Å². The summed E-state index contributed by atoms with van der Waals surface area (Å²) >= 11 is 0. The molecule has 2 fully saturated rings. The van der Waals surface area contributed by atoms with E-state index in [-0.39, 0.29) is 24.2 Å². The largest absolute Gasteiger partial charge is 0.507 e. The zero-order valence-corrected chi connectivity index (χ0v) is 25.5. The normalized spacial score (nSPS) is 28.1. The summed E-state index contributed by atoms with van der Waals surface area (Å²) in [5.74, 6) is -9.73. The number of likely N-dealkylation sites (N-methyl/N-ethyl adjacent to an activating group) is 1. The average Bonchev–Trinajstić information content (AvgIpc) is 2.94. The van der Waals surface area contributed by atoms with Crippen LogP contribution in [0.3, 0.4) is 0 Å². The van der Waals surface area contributed by atoms with Crippen LogP contribution in [0.25, 0.3) is 11.1 Å². The number of primary amides is 1. The number of rotatable bonds is 8. The summed E-state index contributed by atoms with van der Waals surface area (Å²) in [6.07, 6.45) is 0.143. The monoisotopic (exact) mass is 605 g/mol. The lowest BCUT2D eigenvalue weighted by molar-refractivity contribution is -0.181. The maximum Gasteiger partial charge on any atom is 0.235 e. The van der Waals surface area contributed by atoms with Gasteiger partial charge < -0.3 is 26.0 Å². The molecule has 0 radical (unpaired) electrons. The van der Waals surface area contributed by atoms with Crippen LogP contribution in [0.2, 0.25) is 0 Å². The molecule has 5 rings (SSSR count). The summed E-state index contributed by atoms with van der Waals surface area (Å²) in [6.45, 7) is 5.67. The lowest BCUT2D eigenvalue weighted by Gasteiger charge is -2.52. The number of nitrogens with one attached hydrogen (secondary N) is 1. The summed E-state index contributed by atoms with van der Waals surface area (Å²) in [6, 6.07) is 7.69. The van der Waals surface area contributed by atoms with Crippen molar-refractivity contribution in [1.82, 2.24) is 10.2 Å². The highest BCUT2D eigenvalue weighted by molar-refractivity contribution is 6.32. The molecule has 1 amide bonds. The molecule has 0 heterocycles. The molecule has 11 nitrogen and oxygen atoms in total. The van der Waals surface area contributed by atoms with E-state index in [4.69, 9.17) is 10.5 Å². The Morgan fingerprint density at radius 3 is 2.43 bits per heavy atom. The second-order valence-corrected chi connectivity index (χ2v) is 12.8. The van der Waals surface area contributed by atoms with Gasteiger partial charge in [-0.15, -0.1) is 0 Å². The fourth-order valence-corrected chi connectivity index (χ4v) is 7.44. The van der Waals surface area contributed by atoms with Gasteiger partial charge in [0.2, 0.25) is 5.91 Å². The topological polar surface area (TPSA) is 176 Å². The molecule has 0 saturated heterocycles. The molecule has 2 aromatic carbocycles. The first-order chi connectivity index (χ1) is 20.7. The van der Waals surface area contributed by atoms with Crippen LogP contribution >= 0.6 is 0 Å². The van der Waals surface area contributed by atoms with E-state index in [0.29, 0.717) is 34.9 Å². The quantitative estimate of drug-likeness (QED) is 0.321. The lowest BCUT2D eigenvalue weighted by Crippen LogP contribution is -2.74. The second kappa shape index (κ2) is 11.5. The number of phenols is 1. The van der Waals surface area contributed by atoms with E-state index in [0.717, 1.165) is 12.1 Å². The van der Waals surface area contributed by atoms with E-state index in [2.05, 4.69) is 19.2 Å². The maximum absolute atomic E-state index is 14.1. The minimum absolute atomic E-state index is 0.0186. The molecular formula is C33H39N3O8. The van der Waals surface area contributed by atoms with Crippen molar-refractivity contribution in [2.45, 2.75) is 44.9 Å². The van der Waals surface area contributed by atoms with Crippen LogP contribution in [-0.2, 0) is 32.1 Å². The van der Waals surface area contributed by atoms with Crippen LogP contribution in [0, 0.1) is 29.6 Å². The minimum atomic E-state index is -2.76. The van der Waals surface area contributed by atoms with E-state index in [1.807, 2.05) is 18.2 Å². The molecule has 4 unspecified atom stereocenters. The highest BCUT2D eigenvalue weighted by Crippen LogP contribution is 2.52. The van der Waals surface area contributed by atoms with Crippen LogP contribution in [-0.4, -0.2) is 83.5 Å². The van der Waals surface area contributed by atoms with Gasteiger partial charge in [-0.25, -0.2) is 0 Å². The van der Waals surface area contributed by atoms with Gasteiger partial charge in [-0.2, -0.15) is 0 Å². The second-order valence-electron chi connectivity index (χ2n) is 12.8. The first kappa shape index (κ1) is 31.5. The average molecular weight is 606 g/mol. The molecule has 3 aliphatic rings. The predicted molar refractivity (Wildman–Crippen MR) is 160 cm³/mol. The number of Topliss-reactive ketones (excluding diaryl/α,β-unsaturated/α-hetero) is 4. The number of ketones is 4. The first-order valence-corrected chi connectivity index (χ1v) is 14.8. The van der Waals surface area contributed by atoms with Gasteiger partial charge in [0.05, 0.1) is 24.6 Å². The number of amides is 1. The zero-order chi connectivity index (χ0) is 32.2. The molecule has 0 aromatic heterocycles. The summed E-state index contributed by atoms with van der Waals surface area (Å²) in [7, 11) is 4.66. The Bertz CT molecular complexity index is 1570. The van der Waals surface area contributed by atoms with Gasteiger partial charge in [-0.05, 0) is 80.2 Å². The maximum atomic E-state index is 14.1. The number of aromatic hydroxyl groups is 1. The van der Waals surface area contributed by atoms with Crippen molar-refractivity contribution in [2.24, 2.45) is 35.3 Å². The predicted octanol–water partition coefficient (Wildman–Crippen LogP) is 1.29. The van der Waals surface area contributed by atoms with E-state index in [1.165, 1.54) is 11.0 Å². The van der Waals surface area contributed by atoms with Crippen LogP contribution in [0.4, 0.5) is 0 Å². The number of nitrogens with two attached hydrogens (primary N) is 1. The number of aliphatic hydroxyl groups is 1. The van der Waals surface area contributed by atoms with E-state index in [1.54, 1.807) is 27.3 Å². The number of fused-ring (bicyclic) bond motifs is 3. The summed E-state index contributed by atoms with van der Waals surface area (Å²) in [5.41, 5.74) is 5.43. The fraction of sp³-hybridized carbons (Fsp3) is 0.485. The van der Waals surface area contributed by atoms with Crippen LogP contribution in [0.15, 0.2) is 30.3 Å². The summed E-state index contributed by atoms with van der Waals surface area (Å²) in [5, 5.41) is 26.1. The first-order valence-electron chi connectivity index (χ1n) is 14.8. The fourth-order valence-electron chi connectivity index (χ4n) is 7.44. The molecule has 234 valence electrons. The Balaban J connectivity index is 1.61. The Labute approximate surface area is 255 Å². The third-order valence-corrected chi connectivity index (χ3v) is 9.38. The van der Waals surface area contributed by atoms with Crippen molar-refractivity contribution >= 4 is 29.0 Å². The Kier molecular flexibility index (Phi) is 8.25. The highest BCUT2D eigenvalue weighted by atomic mass is 16.5. The smallest absolute Gasteiger partial charge is 0.235 e. The summed E-state index contributed by atoms with van der Waals surface area (Å²) in [4.78, 5) is 68.6. The molecule has 6 atom stereocenters. The van der Waals surface area contributed by atoms with E-state index < -0.39 is 64.4 Å². The number of ether oxygens (including phenoxy) is 1. The number of nitrogens with zero attached hydrogens (tertiary/aromatic N) is 1. The number of hydrogen-bond acceptors (Lipinski definition) is 10. The van der Waals surface area contributed by atoms with Gasteiger partial charge in [0.1, 0.15) is 11.5 Å². The Hall–Kier alpha value is -3.93. The molecule has 2 aromatic rings. The molecule has 3 aliphatic carbocycles. The number of methoxy groups -OCH3 is 1. The number of carbonyl (C=O) groups is 5. The van der Waals surface area contributed by atoms with Crippen molar-refractivity contribution in [3.8, 4) is 22.6 Å². The number of benzene rings is 2. The molecule has 0 spiro atoms. The molecule has 11 heteroatoms. The Morgan fingerprint density at radius 2 is 1.82 bits per heavy atom. The third-order valence-electron chi connectivity index (χ3n) is 9.38. The van der Waals surface area contributed by atoms with Gasteiger partial charge in [0, 0.05) is 18.0 Å². The van der Waals surface area contributed by atoms with Gasteiger partial charge >= 0.3 is 0 Å². The molecule has 44 heavy (non-hydrogen) atoms. The molecule has 0 aliphatic heterocycles. The van der Waals surface area contributed by atoms with Crippen molar-refractivity contribution in [2.75, 3.05) is 27.7 Å². The third kappa shape index (κ3) is 4.83. The van der Waals surface area contributed by atoms with E-state index in [9.17, 15) is 34.2 Å². The van der Waals surface area contributed by atoms with Crippen molar-refractivity contribution in [3.63, 3.8) is 0 Å². The van der Waals surface area contributed by atoms with Gasteiger partial charge in [-0.3, -0.25) is 28.9 Å². The molecular weight excluding hydrogens is 566 g/mol. The minimum Gasteiger partial charge on any atom is -0.507 e. The number of hydrogen-bond donors (Lipinski definition) is 4. The number of phenolic OH excluding ortho intramolecular Hbond substituents is 1. The molecule has 2 saturated carbocycles. The van der Waals surface area contributed by atoms with Crippen LogP contribution in [0.1, 0.15) is 41.8 Å². The van der Waals surface area contributed by atoms with Crippen LogP contribution < -0.4 is 15.8 Å². The summed E-state index contributed by atoms with van der Waals surface area (Å²) < 4.78 is 5.67. The van der Waals surface area contributed by atoms with Crippen molar-refractivity contribution in [3.05, 3.63) is 47.0 Å². The van der Waals surface area contributed by atoms with Crippen molar-refractivity contribution in [1.29, 1.82) is 0 Å². The molecule has 0 bridgehead atoms. The molecule has 5 N–H and O–H groups in total. The Morgan fingerprint density at radius 1 is 1.11 bits per heavy atom.